The summed E-state index contributed by atoms with van der Waals surface area (Å²) in [6, 6.07) is 7.90. The lowest BCUT2D eigenvalue weighted by molar-refractivity contribution is -0.111. The molecule has 1 heterocycles. The van der Waals surface area contributed by atoms with Crippen molar-refractivity contribution >= 4 is 38.2 Å². The highest BCUT2D eigenvalue weighted by atomic mass is 32.2. The number of furan rings is 1. The number of aryl methyl sites for hydroxylation is 3. The second kappa shape index (κ2) is 9.03. The van der Waals surface area contributed by atoms with Crippen LogP contribution in [0, 0.1) is 6.92 Å². The Kier molecular flexibility index (Phi) is 6.32. The minimum absolute atomic E-state index is 0.0644. The van der Waals surface area contributed by atoms with Gasteiger partial charge in [0.25, 0.3) is 0 Å². The number of hydrogen-bond donors (Lipinski definition) is 2. The van der Waals surface area contributed by atoms with Gasteiger partial charge in [-0.25, -0.2) is 13.6 Å². The average Bonchev–Trinajstić information content (AvgIpc) is 3.14. The zero-order chi connectivity index (χ0) is 23.8. The summed E-state index contributed by atoms with van der Waals surface area (Å²) in [4.78, 5) is 12.7. The maximum atomic E-state index is 12.7. The van der Waals surface area contributed by atoms with Crippen molar-refractivity contribution in [3.8, 4) is 5.75 Å². The summed E-state index contributed by atoms with van der Waals surface area (Å²) >= 11 is 0. The highest BCUT2D eigenvalue weighted by molar-refractivity contribution is 7.89. The van der Waals surface area contributed by atoms with Crippen LogP contribution in [0.25, 0.3) is 16.5 Å². The molecule has 1 aliphatic carbocycles. The van der Waals surface area contributed by atoms with Gasteiger partial charge in [-0.3, -0.25) is 4.79 Å². The lowest BCUT2D eigenvalue weighted by Gasteiger charge is -2.15. The number of nitrogens with one attached hydrogen (secondary N) is 1. The molecule has 0 saturated heterocycles. The molecule has 7 nitrogen and oxygen atoms in total. The highest BCUT2D eigenvalue weighted by Gasteiger charge is 2.23. The third-order valence-corrected chi connectivity index (χ3v) is 6.83. The van der Waals surface area contributed by atoms with E-state index in [-0.39, 0.29) is 10.8 Å². The molecule has 4 rings (SSSR count). The van der Waals surface area contributed by atoms with Crippen molar-refractivity contribution in [1.82, 2.24) is 0 Å². The number of allylic oxidation sites excluding steroid dienone is 1. The molecule has 0 radical (unpaired) electrons. The topological polar surface area (TPSA) is 112 Å². The van der Waals surface area contributed by atoms with E-state index in [1.165, 1.54) is 29.8 Å². The van der Waals surface area contributed by atoms with Gasteiger partial charge in [0.2, 0.25) is 15.9 Å². The number of amides is 1. The first-order chi connectivity index (χ1) is 15.7. The Morgan fingerprint density at radius 2 is 2.00 bits per heavy atom. The maximum absolute atomic E-state index is 12.7. The molecular weight excluding hydrogens is 440 g/mol. The van der Waals surface area contributed by atoms with Gasteiger partial charge in [-0.15, -0.1) is 0 Å². The van der Waals surface area contributed by atoms with E-state index in [0.717, 1.165) is 59.1 Å². The van der Waals surface area contributed by atoms with Crippen LogP contribution in [0.5, 0.6) is 5.75 Å². The Bertz CT molecular complexity index is 1370. The van der Waals surface area contributed by atoms with Crippen molar-refractivity contribution < 1.29 is 22.4 Å². The van der Waals surface area contributed by atoms with Crippen molar-refractivity contribution in [2.75, 3.05) is 11.9 Å². The van der Waals surface area contributed by atoms with Gasteiger partial charge in [0, 0.05) is 40.3 Å². The molecule has 2 aromatic carbocycles. The van der Waals surface area contributed by atoms with Crippen LogP contribution in [-0.2, 0) is 27.7 Å². The largest absolute Gasteiger partial charge is 0.493 e. The summed E-state index contributed by atoms with van der Waals surface area (Å²) in [5.41, 5.74) is 4.94. The molecule has 1 aromatic heterocycles. The summed E-state index contributed by atoms with van der Waals surface area (Å²) in [5.74, 6) is 1.37. The number of primary sulfonamides is 1. The molecule has 0 spiro atoms. The monoisotopic (exact) mass is 468 g/mol. The molecule has 0 bridgehead atoms. The van der Waals surface area contributed by atoms with E-state index in [1.807, 2.05) is 20.8 Å². The molecule has 33 heavy (non-hydrogen) atoms. The number of carbonyl (C=O) groups excluding carboxylic acids is 1. The molecular formula is C25H28N2O5S. The number of anilines is 1. The minimum atomic E-state index is -3.86. The van der Waals surface area contributed by atoms with Crippen LogP contribution >= 0.6 is 0 Å². The van der Waals surface area contributed by atoms with Gasteiger partial charge in [-0.1, -0.05) is 6.07 Å². The van der Waals surface area contributed by atoms with Crippen LogP contribution in [0.15, 0.2) is 45.7 Å². The number of rotatable bonds is 6. The van der Waals surface area contributed by atoms with Gasteiger partial charge in [0.15, 0.2) is 0 Å². The zero-order valence-electron chi connectivity index (χ0n) is 19.0. The summed E-state index contributed by atoms with van der Waals surface area (Å²) < 4.78 is 35.3. The lowest BCUT2D eigenvalue weighted by Crippen LogP contribution is -2.13. The molecule has 0 saturated carbocycles. The first kappa shape index (κ1) is 23.1. The van der Waals surface area contributed by atoms with E-state index in [0.29, 0.717) is 18.0 Å². The SMILES string of the molecule is CCOc1c(/C(C)=C/C(=O)Nc2cccc(S(N)(=O)=O)c2)cc2c3c(oc2c1C)CCCC3. The van der Waals surface area contributed by atoms with Crippen LogP contribution in [0.2, 0.25) is 0 Å². The fourth-order valence-corrected chi connectivity index (χ4v) is 4.92. The van der Waals surface area contributed by atoms with Crippen molar-refractivity contribution in [3.63, 3.8) is 0 Å². The third kappa shape index (κ3) is 4.67. The zero-order valence-corrected chi connectivity index (χ0v) is 19.8. The van der Waals surface area contributed by atoms with Crippen molar-refractivity contribution in [3.05, 3.63) is 58.9 Å². The molecule has 3 aromatic rings. The summed E-state index contributed by atoms with van der Waals surface area (Å²) in [6.45, 7) is 6.25. The van der Waals surface area contributed by atoms with E-state index in [2.05, 4.69) is 11.4 Å². The standard InChI is InChI=1S/C25H28N2O5S/c1-4-31-24-16(3)25-21(19-10-5-6-11-22(19)32-25)14-20(24)15(2)12-23(28)27-17-8-7-9-18(13-17)33(26,29)30/h7-9,12-14H,4-6,10-11H2,1-3H3,(H,27,28)(H2,26,29,30)/b15-12+. The normalized spacial score (nSPS) is 14.2. The molecule has 3 N–H and O–H groups in total. The number of nitrogens with two attached hydrogens (primary N) is 1. The smallest absolute Gasteiger partial charge is 0.248 e. The van der Waals surface area contributed by atoms with Gasteiger partial charge in [0.05, 0.1) is 11.5 Å². The molecule has 174 valence electrons. The molecule has 1 aliphatic rings. The van der Waals surface area contributed by atoms with E-state index in [9.17, 15) is 13.2 Å². The lowest BCUT2D eigenvalue weighted by atomic mass is 9.93. The second-order valence-electron chi connectivity index (χ2n) is 8.29. The Balaban J connectivity index is 1.71. The van der Waals surface area contributed by atoms with Crippen LogP contribution in [0.4, 0.5) is 5.69 Å². The minimum Gasteiger partial charge on any atom is -0.493 e. The Labute approximate surface area is 193 Å². The highest BCUT2D eigenvalue weighted by Crippen LogP contribution is 2.41. The number of benzene rings is 2. The second-order valence-corrected chi connectivity index (χ2v) is 9.85. The maximum Gasteiger partial charge on any atom is 0.248 e. The van der Waals surface area contributed by atoms with Crippen LogP contribution < -0.4 is 15.2 Å². The predicted octanol–water partition coefficient (Wildman–Crippen LogP) is 4.71. The summed E-state index contributed by atoms with van der Waals surface area (Å²) in [5, 5.41) is 8.97. The molecule has 8 heteroatoms. The van der Waals surface area contributed by atoms with Gasteiger partial charge in [-0.05, 0) is 69.9 Å². The first-order valence-corrected chi connectivity index (χ1v) is 12.6. The molecule has 0 atom stereocenters. The quantitative estimate of drug-likeness (QED) is 0.509. The Hall–Kier alpha value is -3.10. The molecule has 0 unspecified atom stereocenters. The predicted molar refractivity (Wildman–Crippen MR) is 129 cm³/mol. The fourth-order valence-electron chi connectivity index (χ4n) is 4.36. The van der Waals surface area contributed by atoms with E-state index >= 15 is 0 Å². The van der Waals surface area contributed by atoms with Crippen molar-refractivity contribution in [1.29, 1.82) is 0 Å². The number of fused-ring (bicyclic) bond motifs is 3. The van der Waals surface area contributed by atoms with E-state index < -0.39 is 10.0 Å². The Morgan fingerprint density at radius 1 is 1.24 bits per heavy atom. The van der Waals surface area contributed by atoms with Crippen molar-refractivity contribution in [2.45, 2.75) is 51.3 Å². The van der Waals surface area contributed by atoms with E-state index in [4.69, 9.17) is 14.3 Å². The number of hydrogen-bond acceptors (Lipinski definition) is 5. The van der Waals surface area contributed by atoms with Crippen LogP contribution in [-0.4, -0.2) is 20.9 Å². The molecule has 1 amide bonds. The van der Waals surface area contributed by atoms with Crippen LogP contribution in [0.3, 0.4) is 0 Å². The van der Waals surface area contributed by atoms with Crippen LogP contribution in [0.1, 0.15) is 49.1 Å². The number of sulfonamides is 1. The fraction of sp³-hybridized carbons (Fsp3) is 0.320. The number of ether oxygens (including phenoxy) is 1. The first-order valence-electron chi connectivity index (χ1n) is 11.0. The van der Waals surface area contributed by atoms with Crippen molar-refractivity contribution in [2.24, 2.45) is 5.14 Å². The third-order valence-electron chi connectivity index (χ3n) is 5.92. The average molecular weight is 469 g/mol. The summed E-state index contributed by atoms with van der Waals surface area (Å²) in [6.07, 6.45) is 5.68. The number of carbonyl (C=O) groups is 1. The van der Waals surface area contributed by atoms with E-state index in [1.54, 1.807) is 6.07 Å². The molecule has 0 aliphatic heterocycles. The van der Waals surface area contributed by atoms with Gasteiger partial charge in [0.1, 0.15) is 17.1 Å². The summed E-state index contributed by atoms with van der Waals surface area (Å²) in [7, 11) is -3.86. The van der Waals surface area contributed by atoms with Gasteiger partial charge < -0.3 is 14.5 Å². The Morgan fingerprint density at radius 3 is 2.73 bits per heavy atom. The van der Waals surface area contributed by atoms with Gasteiger partial charge in [-0.2, -0.15) is 0 Å². The van der Waals surface area contributed by atoms with Gasteiger partial charge >= 0.3 is 0 Å². The molecule has 0 fully saturated rings.